The largest absolute Gasteiger partial charge is 0.481 e. The molecule has 0 spiro atoms. The van der Waals surface area contributed by atoms with Crippen LogP contribution < -0.4 is 5.32 Å². The van der Waals surface area contributed by atoms with Crippen LogP contribution in [-0.4, -0.2) is 28.0 Å². The number of H-pyrrole nitrogens is 1. The highest BCUT2D eigenvalue weighted by Crippen LogP contribution is 2.21. The van der Waals surface area contributed by atoms with Crippen LogP contribution >= 0.6 is 23.2 Å². The summed E-state index contributed by atoms with van der Waals surface area (Å²) in [4.78, 5) is 24.5. The summed E-state index contributed by atoms with van der Waals surface area (Å²) in [6.07, 6.45) is -0.145. The Hall–Kier alpha value is -1.20. The molecule has 0 fully saturated rings. The van der Waals surface area contributed by atoms with E-state index in [1.54, 1.807) is 6.92 Å². The highest BCUT2D eigenvalue weighted by molar-refractivity contribution is 6.41. The highest BCUT2D eigenvalue weighted by Gasteiger charge is 2.15. The maximum absolute atomic E-state index is 11.5. The monoisotopic (exact) mass is 264 g/mol. The number of aromatic amines is 1. The van der Waals surface area contributed by atoms with Crippen molar-refractivity contribution in [2.45, 2.75) is 19.4 Å². The number of nitrogens with one attached hydrogen (secondary N) is 2. The molecule has 0 saturated carbocycles. The van der Waals surface area contributed by atoms with Crippen LogP contribution in [0.2, 0.25) is 10.2 Å². The molecule has 0 aliphatic rings. The average molecular weight is 265 g/mol. The fraction of sp³-hybridized carbons (Fsp3) is 0.333. The molecular formula is C9H10Cl2N2O3. The zero-order chi connectivity index (χ0) is 12.3. The van der Waals surface area contributed by atoms with Crippen LogP contribution in [0.1, 0.15) is 23.8 Å². The standard InChI is InChI=1S/C9H10Cl2N2O3/c1-4(2-7(14)15)12-9(16)6-3-5(10)8(11)13-6/h3-4,13H,2H2,1H3,(H,12,16)(H,14,15). The summed E-state index contributed by atoms with van der Waals surface area (Å²) in [5.41, 5.74) is 0.201. The lowest BCUT2D eigenvalue weighted by Gasteiger charge is -2.10. The Morgan fingerprint density at radius 3 is 2.62 bits per heavy atom. The SMILES string of the molecule is CC(CC(=O)O)NC(=O)c1cc(Cl)c(Cl)[nH]1. The molecule has 0 aliphatic heterocycles. The van der Waals surface area contributed by atoms with Crippen molar-refractivity contribution in [2.24, 2.45) is 0 Å². The molecule has 5 nitrogen and oxygen atoms in total. The number of carboxylic acids is 1. The second-order valence-corrected chi connectivity index (χ2v) is 4.10. The maximum Gasteiger partial charge on any atom is 0.305 e. The first-order chi connectivity index (χ1) is 7.40. The van der Waals surface area contributed by atoms with E-state index in [2.05, 4.69) is 10.3 Å². The predicted octanol–water partition coefficient (Wildman–Crippen LogP) is 1.91. The van der Waals surface area contributed by atoms with Crippen molar-refractivity contribution in [3.8, 4) is 0 Å². The smallest absolute Gasteiger partial charge is 0.305 e. The van der Waals surface area contributed by atoms with Gasteiger partial charge >= 0.3 is 5.97 Å². The number of hydrogen-bond donors (Lipinski definition) is 3. The van der Waals surface area contributed by atoms with Crippen LogP contribution in [0.5, 0.6) is 0 Å². The van der Waals surface area contributed by atoms with Crippen LogP contribution in [0.25, 0.3) is 0 Å². The van der Waals surface area contributed by atoms with Crippen LogP contribution in [0.15, 0.2) is 6.07 Å². The van der Waals surface area contributed by atoms with Gasteiger partial charge in [-0.2, -0.15) is 0 Å². The van der Waals surface area contributed by atoms with Crippen LogP contribution in [0.3, 0.4) is 0 Å². The van der Waals surface area contributed by atoms with Gasteiger partial charge in [-0.05, 0) is 13.0 Å². The normalized spacial score (nSPS) is 12.2. The van der Waals surface area contributed by atoms with E-state index in [0.29, 0.717) is 0 Å². The van der Waals surface area contributed by atoms with Crippen molar-refractivity contribution >= 4 is 35.1 Å². The molecule has 1 amide bonds. The summed E-state index contributed by atoms with van der Waals surface area (Å²) >= 11 is 11.3. The molecule has 1 unspecified atom stereocenters. The Kier molecular flexibility index (Phi) is 4.20. The van der Waals surface area contributed by atoms with Gasteiger partial charge < -0.3 is 15.4 Å². The minimum atomic E-state index is -0.977. The molecule has 1 atom stereocenters. The zero-order valence-corrected chi connectivity index (χ0v) is 9.89. The summed E-state index contributed by atoms with van der Waals surface area (Å²) < 4.78 is 0. The van der Waals surface area contributed by atoms with E-state index in [1.165, 1.54) is 6.07 Å². The Morgan fingerprint density at radius 1 is 1.56 bits per heavy atom. The second kappa shape index (κ2) is 5.23. The van der Waals surface area contributed by atoms with Crippen LogP contribution in [0, 0.1) is 0 Å². The molecule has 0 aliphatic carbocycles. The molecule has 0 bridgehead atoms. The molecule has 0 saturated heterocycles. The zero-order valence-electron chi connectivity index (χ0n) is 8.38. The molecule has 0 aromatic carbocycles. The third kappa shape index (κ3) is 3.43. The van der Waals surface area contributed by atoms with Gasteiger partial charge in [0.25, 0.3) is 5.91 Å². The van der Waals surface area contributed by atoms with Gasteiger partial charge in [0, 0.05) is 6.04 Å². The van der Waals surface area contributed by atoms with Gasteiger partial charge in [-0.1, -0.05) is 23.2 Å². The summed E-state index contributed by atoms with van der Waals surface area (Å²) in [7, 11) is 0. The quantitative estimate of drug-likeness (QED) is 0.777. The Bertz CT molecular complexity index is 397. The Balaban J connectivity index is 2.62. The van der Waals surface area contributed by atoms with E-state index in [9.17, 15) is 9.59 Å². The minimum absolute atomic E-state index is 0.145. The highest BCUT2D eigenvalue weighted by atomic mass is 35.5. The lowest BCUT2D eigenvalue weighted by atomic mass is 10.2. The number of aromatic nitrogens is 1. The minimum Gasteiger partial charge on any atom is -0.481 e. The average Bonchev–Trinajstić information content (AvgIpc) is 2.45. The first kappa shape index (κ1) is 12.9. The molecule has 0 radical (unpaired) electrons. The van der Waals surface area contributed by atoms with Gasteiger partial charge in [0.15, 0.2) is 0 Å². The van der Waals surface area contributed by atoms with Crippen molar-refractivity contribution in [1.29, 1.82) is 0 Å². The Morgan fingerprint density at radius 2 is 2.19 bits per heavy atom. The molecule has 88 valence electrons. The van der Waals surface area contributed by atoms with Crippen LogP contribution in [0.4, 0.5) is 0 Å². The molecule has 1 rings (SSSR count). The molecule has 3 N–H and O–H groups in total. The summed E-state index contributed by atoms with van der Waals surface area (Å²) in [6.45, 7) is 1.60. The summed E-state index contributed by atoms with van der Waals surface area (Å²) in [6, 6.07) is 0.915. The van der Waals surface area contributed by atoms with Gasteiger partial charge in [-0.15, -0.1) is 0 Å². The van der Waals surface area contributed by atoms with E-state index in [1.807, 2.05) is 0 Å². The van der Waals surface area contributed by atoms with Crippen molar-refractivity contribution in [1.82, 2.24) is 10.3 Å². The second-order valence-electron chi connectivity index (χ2n) is 3.32. The van der Waals surface area contributed by atoms with Gasteiger partial charge in [-0.3, -0.25) is 9.59 Å². The molecule has 16 heavy (non-hydrogen) atoms. The third-order valence-electron chi connectivity index (χ3n) is 1.83. The lowest BCUT2D eigenvalue weighted by molar-refractivity contribution is -0.137. The number of hydrogen-bond acceptors (Lipinski definition) is 2. The lowest BCUT2D eigenvalue weighted by Crippen LogP contribution is -2.34. The number of carbonyl (C=O) groups is 2. The predicted molar refractivity (Wildman–Crippen MR) is 60.0 cm³/mol. The van der Waals surface area contributed by atoms with Gasteiger partial charge in [0.2, 0.25) is 0 Å². The number of halogens is 2. The molecule has 7 heteroatoms. The van der Waals surface area contributed by atoms with E-state index in [0.717, 1.165) is 0 Å². The van der Waals surface area contributed by atoms with Crippen molar-refractivity contribution < 1.29 is 14.7 Å². The molecular weight excluding hydrogens is 255 g/mol. The first-order valence-corrected chi connectivity index (χ1v) is 5.22. The topological polar surface area (TPSA) is 82.2 Å². The number of aliphatic carboxylic acids is 1. The van der Waals surface area contributed by atoms with Gasteiger partial charge in [0.05, 0.1) is 11.4 Å². The van der Waals surface area contributed by atoms with E-state index in [4.69, 9.17) is 28.3 Å². The van der Waals surface area contributed by atoms with Crippen molar-refractivity contribution in [3.05, 3.63) is 21.9 Å². The summed E-state index contributed by atoms with van der Waals surface area (Å²) in [5.74, 6) is -1.42. The van der Waals surface area contributed by atoms with Crippen LogP contribution in [-0.2, 0) is 4.79 Å². The summed E-state index contributed by atoms with van der Waals surface area (Å²) in [5, 5.41) is 11.4. The van der Waals surface area contributed by atoms with Gasteiger partial charge in [0.1, 0.15) is 10.8 Å². The molecule has 1 heterocycles. The molecule has 1 aromatic heterocycles. The van der Waals surface area contributed by atoms with Crippen molar-refractivity contribution in [3.63, 3.8) is 0 Å². The van der Waals surface area contributed by atoms with E-state index < -0.39 is 17.9 Å². The number of amides is 1. The van der Waals surface area contributed by atoms with E-state index >= 15 is 0 Å². The molecule has 1 aromatic rings. The van der Waals surface area contributed by atoms with E-state index in [-0.39, 0.29) is 22.3 Å². The number of rotatable bonds is 4. The fourth-order valence-electron chi connectivity index (χ4n) is 1.14. The van der Waals surface area contributed by atoms with Crippen molar-refractivity contribution in [2.75, 3.05) is 0 Å². The number of carboxylic acid groups (broad SMARTS) is 1. The van der Waals surface area contributed by atoms with Gasteiger partial charge in [-0.25, -0.2) is 0 Å². The first-order valence-electron chi connectivity index (χ1n) is 4.46. The third-order valence-corrected chi connectivity index (χ3v) is 2.52. The maximum atomic E-state index is 11.5. The Labute approximate surface area is 102 Å². The fourth-order valence-corrected chi connectivity index (χ4v) is 1.45. The number of carbonyl (C=O) groups excluding carboxylic acids is 1.